The van der Waals surface area contributed by atoms with E-state index < -0.39 is 39.8 Å². The largest absolute Gasteiger partial charge is 0.497 e. The molecule has 1 aromatic rings. The number of rotatable bonds is 7. The third-order valence-electron chi connectivity index (χ3n) is 3.04. The van der Waals surface area contributed by atoms with E-state index in [4.69, 9.17) is 9.47 Å². The van der Waals surface area contributed by atoms with Crippen molar-refractivity contribution in [1.82, 2.24) is 0 Å². The molecule has 0 aliphatic rings. The van der Waals surface area contributed by atoms with E-state index in [2.05, 4.69) is 0 Å². The summed E-state index contributed by atoms with van der Waals surface area (Å²) in [4.78, 5) is 12.1. The van der Waals surface area contributed by atoms with E-state index in [9.17, 15) is 17.6 Å². The van der Waals surface area contributed by atoms with Crippen molar-refractivity contribution < 1.29 is 27.1 Å². The molecular weight excluding hydrogens is 323 g/mol. The van der Waals surface area contributed by atoms with E-state index in [1.807, 2.05) is 0 Å². The summed E-state index contributed by atoms with van der Waals surface area (Å²) in [7, 11) is -2.25. The summed E-state index contributed by atoms with van der Waals surface area (Å²) in [6.45, 7) is 4.24. The van der Waals surface area contributed by atoms with Crippen molar-refractivity contribution in [3.05, 3.63) is 24.3 Å². The molecule has 7 heteroatoms. The molecule has 0 amide bonds. The quantitative estimate of drug-likeness (QED) is 0.710. The van der Waals surface area contributed by atoms with Gasteiger partial charge in [0, 0.05) is 0 Å². The second-order valence-electron chi connectivity index (χ2n) is 6.16. The summed E-state index contributed by atoms with van der Waals surface area (Å²) in [5, 5.41) is 0. The van der Waals surface area contributed by atoms with Crippen LogP contribution in [0.2, 0.25) is 0 Å². The maximum absolute atomic E-state index is 12.7. The van der Waals surface area contributed by atoms with Crippen LogP contribution < -0.4 is 4.74 Å². The minimum atomic E-state index is -3.73. The molecule has 23 heavy (non-hydrogen) atoms. The number of hydrogen-bond donors (Lipinski definition) is 0. The number of methoxy groups -OCH3 is 1. The first-order valence-corrected chi connectivity index (χ1v) is 8.90. The van der Waals surface area contributed by atoms with Gasteiger partial charge in [0.1, 0.15) is 11.4 Å². The Kier molecular flexibility index (Phi) is 6.56. The first-order valence-electron chi connectivity index (χ1n) is 7.24. The van der Waals surface area contributed by atoms with Gasteiger partial charge in [-0.2, -0.15) is 0 Å². The zero-order valence-corrected chi connectivity index (χ0v) is 14.7. The number of alkyl halides is 1. The topological polar surface area (TPSA) is 69.7 Å². The fraction of sp³-hybridized carbons (Fsp3) is 0.562. The minimum Gasteiger partial charge on any atom is -0.497 e. The Morgan fingerprint density at radius 1 is 1.22 bits per heavy atom. The highest BCUT2D eigenvalue weighted by Crippen LogP contribution is 2.22. The number of carbonyl (C=O) groups excluding carboxylic acids is 1. The molecule has 0 spiro atoms. The van der Waals surface area contributed by atoms with Gasteiger partial charge in [0.25, 0.3) is 0 Å². The molecule has 0 unspecified atom stereocenters. The molecule has 0 aromatic heterocycles. The zero-order valence-electron chi connectivity index (χ0n) is 13.8. The molecule has 0 N–H and O–H groups in total. The number of ether oxygens (including phenoxy) is 2. The molecule has 0 radical (unpaired) electrons. The van der Waals surface area contributed by atoms with E-state index >= 15 is 0 Å². The third-order valence-corrected chi connectivity index (χ3v) is 4.87. The van der Waals surface area contributed by atoms with Crippen LogP contribution in [0.25, 0.3) is 0 Å². The number of benzene rings is 1. The van der Waals surface area contributed by atoms with Crippen molar-refractivity contribution in [3.63, 3.8) is 0 Å². The molecule has 0 aliphatic carbocycles. The molecule has 0 bridgehead atoms. The van der Waals surface area contributed by atoms with Gasteiger partial charge in [0.2, 0.25) is 0 Å². The molecule has 0 fully saturated rings. The van der Waals surface area contributed by atoms with Gasteiger partial charge in [0.15, 0.2) is 9.84 Å². The predicted octanol–water partition coefficient (Wildman–Crippen LogP) is 2.79. The van der Waals surface area contributed by atoms with Gasteiger partial charge in [-0.3, -0.25) is 9.18 Å². The second kappa shape index (κ2) is 7.77. The number of halogens is 1. The van der Waals surface area contributed by atoms with Gasteiger partial charge in [0.05, 0.1) is 30.4 Å². The zero-order chi connectivity index (χ0) is 17.7. The Bertz CT molecular complexity index is 617. The summed E-state index contributed by atoms with van der Waals surface area (Å²) in [5.41, 5.74) is -0.754. The monoisotopic (exact) mass is 346 g/mol. The summed E-state index contributed by atoms with van der Waals surface area (Å²) in [6, 6.07) is 5.83. The Morgan fingerprint density at radius 2 is 1.78 bits per heavy atom. The predicted molar refractivity (Wildman–Crippen MR) is 85.0 cm³/mol. The number of hydrogen-bond acceptors (Lipinski definition) is 5. The van der Waals surface area contributed by atoms with Crippen LogP contribution in [0.5, 0.6) is 5.75 Å². The molecule has 130 valence electrons. The van der Waals surface area contributed by atoms with Crippen LogP contribution in [-0.4, -0.2) is 39.5 Å². The van der Waals surface area contributed by atoms with Gasteiger partial charge < -0.3 is 9.47 Å². The van der Waals surface area contributed by atoms with Gasteiger partial charge in [-0.15, -0.1) is 0 Å². The molecular formula is C16H23FO5S. The minimum absolute atomic E-state index is 0.0608. The standard InChI is InChI=1S/C16H23FO5S/c1-16(2,3)22-15(18)12(9-10-17)11-23(19,20)14-7-5-13(21-4)6-8-14/h5-8,12H,9-11H2,1-4H3/t12-/m1/s1. The Labute approximate surface area is 136 Å². The van der Waals surface area contributed by atoms with Crippen molar-refractivity contribution in [2.45, 2.75) is 37.7 Å². The summed E-state index contributed by atoms with van der Waals surface area (Å²) < 4.78 is 47.7. The first kappa shape index (κ1) is 19.4. The van der Waals surface area contributed by atoms with Crippen LogP contribution in [0, 0.1) is 5.92 Å². The molecule has 0 saturated heterocycles. The maximum atomic E-state index is 12.7. The lowest BCUT2D eigenvalue weighted by molar-refractivity contribution is -0.159. The van der Waals surface area contributed by atoms with E-state index in [0.29, 0.717) is 5.75 Å². The van der Waals surface area contributed by atoms with Gasteiger partial charge in [-0.25, -0.2) is 8.42 Å². The van der Waals surface area contributed by atoms with E-state index in [-0.39, 0.29) is 11.3 Å². The van der Waals surface area contributed by atoms with E-state index in [1.165, 1.54) is 31.4 Å². The van der Waals surface area contributed by atoms with Gasteiger partial charge in [-0.05, 0) is 51.5 Å². The fourth-order valence-corrected chi connectivity index (χ4v) is 3.51. The summed E-state index contributed by atoms with van der Waals surface area (Å²) >= 11 is 0. The van der Waals surface area contributed by atoms with Crippen LogP contribution in [0.3, 0.4) is 0 Å². The first-order chi connectivity index (χ1) is 10.6. The molecule has 1 atom stereocenters. The second-order valence-corrected chi connectivity index (χ2v) is 8.20. The van der Waals surface area contributed by atoms with Gasteiger partial charge in [-0.1, -0.05) is 0 Å². The van der Waals surface area contributed by atoms with Gasteiger partial charge >= 0.3 is 5.97 Å². The van der Waals surface area contributed by atoms with E-state index in [0.717, 1.165) is 0 Å². The Balaban J connectivity index is 2.94. The van der Waals surface area contributed by atoms with Crippen LogP contribution in [0.1, 0.15) is 27.2 Å². The molecule has 5 nitrogen and oxygen atoms in total. The Morgan fingerprint density at radius 3 is 2.22 bits per heavy atom. The molecule has 0 heterocycles. The Hall–Kier alpha value is -1.63. The van der Waals surface area contributed by atoms with E-state index in [1.54, 1.807) is 20.8 Å². The van der Waals surface area contributed by atoms with Crippen molar-refractivity contribution in [3.8, 4) is 5.75 Å². The highest BCUT2D eigenvalue weighted by molar-refractivity contribution is 7.91. The lowest BCUT2D eigenvalue weighted by Crippen LogP contribution is -2.32. The average molecular weight is 346 g/mol. The molecule has 1 rings (SSSR count). The lowest BCUT2D eigenvalue weighted by Gasteiger charge is -2.23. The SMILES string of the molecule is COc1ccc(S(=O)(=O)C[C@@H](CCF)C(=O)OC(C)(C)C)cc1. The summed E-state index contributed by atoms with van der Waals surface area (Å²) in [6.07, 6.45) is -0.190. The number of esters is 1. The smallest absolute Gasteiger partial charge is 0.310 e. The van der Waals surface area contributed by atoms with Crippen LogP contribution in [0.4, 0.5) is 4.39 Å². The van der Waals surface area contributed by atoms with Crippen LogP contribution in [0.15, 0.2) is 29.2 Å². The number of carbonyl (C=O) groups is 1. The summed E-state index contributed by atoms with van der Waals surface area (Å²) in [5.74, 6) is -1.70. The van der Waals surface area contributed by atoms with Crippen molar-refractivity contribution in [2.24, 2.45) is 5.92 Å². The maximum Gasteiger partial charge on any atom is 0.310 e. The fourth-order valence-electron chi connectivity index (χ4n) is 1.93. The van der Waals surface area contributed by atoms with Crippen molar-refractivity contribution in [1.29, 1.82) is 0 Å². The van der Waals surface area contributed by atoms with Crippen LogP contribution >= 0.6 is 0 Å². The van der Waals surface area contributed by atoms with Crippen LogP contribution in [-0.2, 0) is 19.4 Å². The average Bonchev–Trinajstić information content (AvgIpc) is 2.45. The lowest BCUT2D eigenvalue weighted by atomic mass is 10.1. The molecule has 0 aliphatic heterocycles. The molecule has 0 saturated carbocycles. The third kappa shape index (κ3) is 6.17. The van der Waals surface area contributed by atoms with Crippen molar-refractivity contribution >= 4 is 15.8 Å². The highest BCUT2D eigenvalue weighted by atomic mass is 32.2. The number of sulfone groups is 1. The van der Waals surface area contributed by atoms with Crippen molar-refractivity contribution in [2.75, 3.05) is 19.5 Å². The normalized spacial score (nSPS) is 13.4. The molecule has 1 aromatic carbocycles. The highest BCUT2D eigenvalue weighted by Gasteiger charge is 2.30.